The van der Waals surface area contributed by atoms with Crippen molar-refractivity contribution in [3.63, 3.8) is 0 Å². The lowest BCUT2D eigenvalue weighted by Crippen LogP contribution is -2.22. The Hall–Kier alpha value is -0.870. The van der Waals surface area contributed by atoms with Gasteiger partial charge >= 0.3 is 0 Å². The molecule has 1 rings (SSSR count). The lowest BCUT2D eigenvalue weighted by Gasteiger charge is -2.04. The van der Waals surface area contributed by atoms with E-state index in [-0.39, 0.29) is 11.8 Å². The van der Waals surface area contributed by atoms with Crippen LogP contribution >= 0.6 is 0 Å². The van der Waals surface area contributed by atoms with Crippen molar-refractivity contribution in [3.05, 3.63) is 24.3 Å². The van der Waals surface area contributed by atoms with Crippen molar-refractivity contribution in [3.8, 4) is 5.75 Å². The highest BCUT2D eigenvalue weighted by Gasteiger charge is 2.05. The summed E-state index contributed by atoms with van der Waals surface area (Å²) in [4.78, 5) is 0.704. The van der Waals surface area contributed by atoms with E-state index in [9.17, 15) is 4.21 Å². The highest BCUT2D eigenvalue weighted by molar-refractivity contribution is 7.85. The maximum Gasteiger partial charge on any atom is 0.115 e. The second-order valence-corrected chi connectivity index (χ2v) is 4.48. The van der Waals surface area contributed by atoms with E-state index in [1.54, 1.807) is 12.1 Å². The minimum atomic E-state index is -1.06. The van der Waals surface area contributed by atoms with Gasteiger partial charge in [-0.1, -0.05) is 0 Å². The second-order valence-electron chi connectivity index (χ2n) is 2.98. The molecular weight excluding hydrogens is 186 g/mol. The zero-order valence-corrected chi connectivity index (χ0v) is 8.25. The molecule has 0 aliphatic rings. The van der Waals surface area contributed by atoms with Crippen LogP contribution in [-0.2, 0) is 10.8 Å². The minimum Gasteiger partial charge on any atom is -0.508 e. The van der Waals surface area contributed by atoms with Crippen molar-refractivity contribution in [1.82, 2.24) is 0 Å². The van der Waals surface area contributed by atoms with E-state index in [0.717, 1.165) is 0 Å². The Bertz CT molecular complexity index is 295. The summed E-state index contributed by atoms with van der Waals surface area (Å²) in [7, 11) is -1.06. The van der Waals surface area contributed by atoms with E-state index < -0.39 is 10.8 Å². The molecular formula is C9H13NO2S. The molecule has 0 aromatic heterocycles. The number of hydrogen-bond acceptors (Lipinski definition) is 3. The first-order valence-corrected chi connectivity index (χ1v) is 5.34. The van der Waals surface area contributed by atoms with Gasteiger partial charge in [-0.05, 0) is 31.2 Å². The molecule has 3 nitrogen and oxygen atoms in total. The molecule has 1 aromatic carbocycles. The lowest BCUT2D eigenvalue weighted by molar-refractivity contribution is 0.475. The van der Waals surface area contributed by atoms with E-state index in [2.05, 4.69) is 0 Å². The third kappa shape index (κ3) is 3.16. The zero-order valence-electron chi connectivity index (χ0n) is 7.43. The Morgan fingerprint density at radius 3 is 2.46 bits per heavy atom. The van der Waals surface area contributed by atoms with Gasteiger partial charge in [0.1, 0.15) is 5.75 Å². The number of hydrogen-bond donors (Lipinski definition) is 2. The quantitative estimate of drug-likeness (QED) is 0.758. The molecule has 0 aliphatic heterocycles. The molecule has 2 atom stereocenters. The largest absolute Gasteiger partial charge is 0.508 e. The monoisotopic (exact) mass is 199 g/mol. The van der Waals surface area contributed by atoms with Crippen molar-refractivity contribution in [2.24, 2.45) is 5.73 Å². The van der Waals surface area contributed by atoms with Crippen LogP contribution < -0.4 is 5.73 Å². The van der Waals surface area contributed by atoms with Gasteiger partial charge in [0.15, 0.2) is 0 Å². The summed E-state index contributed by atoms with van der Waals surface area (Å²) >= 11 is 0. The van der Waals surface area contributed by atoms with Gasteiger partial charge in [0, 0.05) is 16.7 Å². The number of benzene rings is 1. The van der Waals surface area contributed by atoms with Gasteiger partial charge in [-0.25, -0.2) is 0 Å². The molecule has 0 aliphatic carbocycles. The fourth-order valence-electron chi connectivity index (χ4n) is 0.933. The van der Waals surface area contributed by atoms with Gasteiger partial charge in [-0.15, -0.1) is 0 Å². The number of nitrogens with two attached hydrogens (primary N) is 1. The van der Waals surface area contributed by atoms with Crippen LogP contribution in [0.15, 0.2) is 29.2 Å². The Labute approximate surface area is 80.0 Å². The molecule has 0 amide bonds. The van der Waals surface area contributed by atoms with E-state index in [1.165, 1.54) is 12.1 Å². The molecule has 13 heavy (non-hydrogen) atoms. The molecule has 0 heterocycles. The van der Waals surface area contributed by atoms with Gasteiger partial charge in [0.05, 0.1) is 10.8 Å². The van der Waals surface area contributed by atoms with Crippen molar-refractivity contribution in [2.75, 3.05) is 5.75 Å². The van der Waals surface area contributed by atoms with Crippen LogP contribution in [0.5, 0.6) is 5.75 Å². The average Bonchev–Trinajstić information content (AvgIpc) is 2.04. The Morgan fingerprint density at radius 1 is 1.46 bits per heavy atom. The molecule has 3 N–H and O–H groups in total. The van der Waals surface area contributed by atoms with Gasteiger partial charge in [-0.2, -0.15) is 0 Å². The molecule has 0 bridgehead atoms. The number of aromatic hydroxyl groups is 1. The van der Waals surface area contributed by atoms with E-state index >= 15 is 0 Å². The van der Waals surface area contributed by atoms with Gasteiger partial charge in [-0.3, -0.25) is 4.21 Å². The first-order valence-electron chi connectivity index (χ1n) is 4.02. The smallest absolute Gasteiger partial charge is 0.115 e. The average molecular weight is 199 g/mol. The van der Waals surface area contributed by atoms with Gasteiger partial charge < -0.3 is 10.8 Å². The summed E-state index contributed by atoms with van der Waals surface area (Å²) < 4.78 is 11.5. The van der Waals surface area contributed by atoms with E-state index in [0.29, 0.717) is 10.6 Å². The predicted octanol–water partition coefficient (Wildman–Crippen LogP) is 0.847. The zero-order chi connectivity index (χ0) is 9.84. The number of phenolic OH excluding ortho intramolecular Hbond substituents is 1. The fourth-order valence-corrected chi connectivity index (χ4v) is 2.04. The summed E-state index contributed by atoms with van der Waals surface area (Å²) in [6, 6.07) is 6.26. The first kappa shape index (κ1) is 10.2. The highest BCUT2D eigenvalue weighted by Crippen LogP contribution is 2.13. The van der Waals surface area contributed by atoms with Crippen LogP contribution in [0, 0.1) is 0 Å². The number of rotatable bonds is 3. The molecule has 4 heteroatoms. The Balaban J connectivity index is 2.72. The second kappa shape index (κ2) is 4.39. The molecule has 72 valence electrons. The third-order valence-electron chi connectivity index (χ3n) is 1.51. The SMILES string of the molecule is CC(N)CS(=O)c1ccc(O)cc1. The van der Waals surface area contributed by atoms with E-state index in [1.807, 2.05) is 6.92 Å². The predicted molar refractivity (Wildman–Crippen MR) is 53.0 cm³/mol. The topological polar surface area (TPSA) is 63.3 Å². The van der Waals surface area contributed by atoms with Crippen molar-refractivity contribution >= 4 is 10.8 Å². The van der Waals surface area contributed by atoms with Crippen LogP contribution in [-0.4, -0.2) is 21.1 Å². The fraction of sp³-hybridized carbons (Fsp3) is 0.333. The first-order chi connectivity index (χ1) is 6.09. The van der Waals surface area contributed by atoms with Gasteiger partial charge in [0.2, 0.25) is 0 Å². The Morgan fingerprint density at radius 2 is 2.00 bits per heavy atom. The minimum absolute atomic E-state index is 0.0744. The van der Waals surface area contributed by atoms with Crippen LogP contribution in [0.25, 0.3) is 0 Å². The van der Waals surface area contributed by atoms with E-state index in [4.69, 9.17) is 10.8 Å². The maximum absolute atomic E-state index is 11.5. The summed E-state index contributed by atoms with van der Waals surface area (Å²) in [6.45, 7) is 1.82. The summed E-state index contributed by atoms with van der Waals surface area (Å²) in [5, 5.41) is 9.00. The lowest BCUT2D eigenvalue weighted by atomic mass is 10.3. The normalized spacial score (nSPS) is 15.2. The molecule has 0 fully saturated rings. The summed E-state index contributed by atoms with van der Waals surface area (Å²) in [6.07, 6.45) is 0. The maximum atomic E-state index is 11.5. The molecule has 0 spiro atoms. The van der Waals surface area contributed by atoms with Crippen molar-refractivity contribution < 1.29 is 9.32 Å². The molecule has 1 aromatic rings. The number of phenols is 1. The van der Waals surface area contributed by atoms with Crippen molar-refractivity contribution in [2.45, 2.75) is 17.9 Å². The molecule has 0 saturated carbocycles. The summed E-state index contributed by atoms with van der Waals surface area (Å²) in [5.41, 5.74) is 5.52. The molecule has 0 radical (unpaired) electrons. The van der Waals surface area contributed by atoms with Crippen molar-refractivity contribution in [1.29, 1.82) is 0 Å². The van der Waals surface area contributed by atoms with Crippen LogP contribution in [0.4, 0.5) is 0 Å². The Kier molecular flexibility index (Phi) is 3.45. The van der Waals surface area contributed by atoms with Crippen LogP contribution in [0.1, 0.15) is 6.92 Å². The third-order valence-corrected chi connectivity index (χ3v) is 3.14. The summed E-state index contributed by atoms with van der Waals surface area (Å²) in [5.74, 6) is 0.631. The highest BCUT2D eigenvalue weighted by atomic mass is 32.2. The standard InChI is InChI=1S/C9H13NO2S/c1-7(10)6-13(12)9-4-2-8(11)3-5-9/h2-5,7,11H,6,10H2,1H3. The molecule has 2 unspecified atom stereocenters. The van der Waals surface area contributed by atoms with Gasteiger partial charge in [0.25, 0.3) is 0 Å². The molecule has 0 saturated heterocycles. The van der Waals surface area contributed by atoms with Crippen LogP contribution in [0.2, 0.25) is 0 Å². The van der Waals surface area contributed by atoms with Crippen LogP contribution in [0.3, 0.4) is 0 Å².